The van der Waals surface area contributed by atoms with Gasteiger partial charge in [0.2, 0.25) is 0 Å². The van der Waals surface area contributed by atoms with Crippen molar-refractivity contribution in [1.82, 2.24) is 0 Å². The molecule has 0 spiro atoms. The largest absolute Gasteiger partial charge is 0.481 e. The van der Waals surface area contributed by atoms with Crippen LogP contribution in [0.4, 0.5) is 0 Å². The average Bonchev–Trinajstić information content (AvgIpc) is 1.81. The van der Waals surface area contributed by atoms with Gasteiger partial charge in [0, 0.05) is 0 Å². The second kappa shape index (κ2) is 4.19. The molecule has 0 bridgehead atoms. The third-order valence-electron chi connectivity index (χ3n) is 0.926. The van der Waals surface area contributed by atoms with Crippen molar-refractivity contribution in [2.75, 3.05) is 6.26 Å². The molecule has 13 heavy (non-hydrogen) atoms. The van der Waals surface area contributed by atoms with Gasteiger partial charge in [-0.25, -0.2) is 4.79 Å². The maximum atomic E-state index is 10.4. The van der Waals surface area contributed by atoms with E-state index in [1.54, 1.807) is 0 Å². The van der Waals surface area contributed by atoms with E-state index in [0.717, 1.165) is 0 Å². The van der Waals surface area contributed by atoms with Gasteiger partial charge in [-0.3, -0.25) is 8.98 Å². The van der Waals surface area contributed by atoms with Gasteiger partial charge in [0.05, 0.1) is 12.7 Å². The summed E-state index contributed by atoms with van der Waals surface area (Å²) in [6.07, 6.45) is -2.12. The van der Waals surface area contributed by atoms with Crippen LogP contribution in [0.1, 0.15) is 6.42 Å². The minimum atomic E-state index is -3.96. The van der Waals surface area contributed by atoms with E-state index in [0.29, 0.717) is 6.26 Å². The summed E-state index contributed by atoms with van der Waals surface area (Å²) < 4.78 is 24.9. The number of hydrogen-bond donors (Lipinski definition) is 2. The molecule has 0 heterocycles. The zero-order valence-corrected chi connectivity index (χ0v) is 7.44. The highest BCUT2D eigenvalue weighted by Gasteiger charge is 2.25. The zero-order chi connectivity index (χ0) is 10.6. The monoisotopic (exact) mass is 212 g/mol. The molecular formula is C5H8O7S. The highest BCUT2D eigenvalue weighted by Crippen LogP contribution is 2.03. The molecule has 0 fully saturated rings. The lowest BCUT2D eigenvalue weighted by atomic mass is 10.3. The van der Waals surface area contributed by atoms with Gasteiger partial charge in [-0.15, -0.1) is 0 Å². The maximum Gasteiger partial charge on any atom is 0.334 e. The van der Waals surface area contributed by atoms with E-state index in [2.05, 4.69) is 4.18 Å². The van der Waals surface area contributed by atoms with Crippen molar-refractivity contribution in [3.63, 3.8) is 0 Å². The van der Waals surface area contributed by atoms with Crippen molar-refractivity contribution in [3.05, 3.63) is 0 Å². The van der Waals surface area contributed by atoms with Gasteiger partial charge < -0.3 is 10.2 Å². The molecule has 0 saturated heterocycles. The Labute approximate surface area is 74.1 Å². The van der Waals surface area contributed by atoms with Crippen molar-refractivity contribution in [3.8, 4) is 0 Å². The number of carboxylic acid groups (broad SMARTS) is 2. The molecule has 0 aromatic heterocycles. The van der Waals surface area contributed by atoms with Crippen molar-refractivity contribution in [2.45, 2.75) is 12.5 Å². The Morgan fingerprint density at radius 2 is 1.85 bits per heavy atom. The molecule has 8 heteroatoms. The molecule has 0 aromatic carbocycles. The molecule has 1 atom stereocenters. The van der Waals surface area contributed by atoms with Crippen LogP contribution in [0.2, 0.25) is 0 Å². The maximum absolute atomic E-state index is 10.4. The van der Waals surface area contributed by atoms with Crippen LogP contribution in [-0.2, 0) is 23.9 Å². The van der Waals surface area contributed by atoms with Crippen LogP contribution in [0.25, 0.3) is 0 Å². The van der Waals surface area contributed by atoms with E-state index >= 15 is 0 Å². The molecular weight excluding hydrogens is 204 g/mol. The van der Waals surface area contributed by atoms with Crippen LogP contribution in [0, 0.1) is 0 Å². The number of aliphatic carboxylic acids is 2. The fraction of sp³-hybridized carbons (Fsp3) is 0.600. The van der Waals surface area contributed by atoms with Crippen LogP contribution in [0.3, 0.4) is 0 Å². The summed E-state index contributed by atoms with van der Waals surface area (Å²) in [6.45, 7) is 0. The van der Waals surface area contributed by atoms with Crippen LogP contribution < -0.4 is 0 Å². The highest BCUT2D eigenvalue weighted by atomic mass is 32.2. The number of rotatable bonds is 5. The van der Waals surface area contributed by atoms with Gasteiger partial charge in [0.1, 0.15) is 0 Å². The SMILES string of the molecule is CS(=O)(=O)OC(CC(=O)O)C(=O)O. The third-order valence-corrected chi connectivity index (χ3v) is 1.51. The molecule has 0 amide bonds. The predicted molar refractivity (Wildman–Crippen MR) is 39.6 cm³/mol. The van der Waals surface area contributed by atoms with Gasteiger partial charge in [-0.2, -0.15) is 8.42 Å². The summed E-state index contributed by atoms with van der Waals surface area (Å²) in [5.74, 6) is -3.08. The predicted octanol–water partition coefficient (Wildman–Crippen LogP) is -1.11. The first-order valence-corrected chi connectivity index (χ1v) is 4.87. The lowest BCUT2D eigenvalue weighted by Crippen LogP contribution is -2.29. The molecule has 0 saturated carbocycles. The first-order chi connectivity index (χ1) is 5.72. The molecule has 0 aliphatic rings. The van der Waals surface area contributed by atoms with Gasteiger partial charge >= 0.3 is 11.9 Å². The summed E-state index contributed by atoms with van der Waals surface area (Å²) in [6, 6.07) is 0. The van der Waals surface area contributed by atoms with Crippen LogP contribution in [0.15, 0.2) is 0 Å². The molecule has 76 valence electrons. The Morgan fingerprint density at radius 1 is 1.38 bits per heavy atom. The summed E-state index contributed by atoms with van der Waals surface area (Å²) >= 11 is 0. The molecule has 0 aliphatic heterocycles. The number of hydrogen-bond acceptors (Lipinski definition) is 5. The second-order valence-electron chi connectivity index (χ2n) is 2.23. The van der Waals surface area contributed by atoms with Crippen LogP contribution >= 0.6 is 0 Å². The van der Waals surface area contributed by atoms with E-state index in [9.17, 15) is 18.0 Å². The zero-order valence-electron chi connectivity index (χ0n) is 6.63. The second-order valence-corrected chi connectivity index (χ2v) is 3.83. The van der Waals surface area contributed by atoms with Crippen molar-refractivity contribution < 1.29 is 32.4 Å². The van der Waals surface area contributed by atoms with Gasteiger partial charge in [-0.05, 0) is 0 Å². The highest BCUT2D eigenvalue weighted by molar-refractivity contribution is 7.86. The first-order valence-electron chi connectivity index (χ1n) is 3.05. The van der Waals surface area contributed by atoms with E-state index in [4.69, 9.17) is 10.2 Å². The summed E-state index contributed by atoms with van der Waals surface area (Å²) in [5, 5.41) is 16.5. The molecule has 2 N–H and O–H groups in total. The molecule has 7 nitrogen and oxygen atoms in total. The van der Waals surface area contributed by atoms with Gasteiger partial charge in [0.25, 0.3) is 10.1 Å². The molecule has 0 aliphatic carbocycles. The molecule has 0 rings (SSSR count). The van der Waals surface area contributed by atoms with Crippen molar-refractivity contribution in [2.24, 2.45) is 0 Å². The summed E-state index contributed by atoms with van der Waals surface area (Å²) in [5.41, 5.74) is 0. The topological polar surface area (TPSA) is 118 Å². The lowest BCUT2D eigenvalue weighted by Gasteiger charge is -2.08. The lowest BCUT2D eigenvalue weighted by molar-refractivity contribution is -0.151. The first kappa shape index (κ1) is 11.8. The average molecular weight is 212 g/mol. The third kappa shape index (κ3) is 6.05. The quantitative estimate of drug-likeness (QED) is 0.554. The molecule has 0 radical (unpaired) electrons. The Kier molecular flexibility index (Phi) is 3.82. The van der Waals surface area contributed by atoms with E-state index in [1.807, 2.05) is 0 Å². The Balaban J connectivity index is 4.45. The van der Waals surface area contributed by atoms with Gasteiger partial charge in [0.15, 0.2) is 6.10 Å². The Hall–Kier alpha value is -1.15. The standard InChI is InChI=1S/C5H8O7S/c1-13(10,11)12-3(5(8)9)2-4(6)7/h3H,2H2,1H3,(H,6,7)(H,8,9). The minimum Gasteiger partial charge on any atom is -0.481 e. The summed E-state index contributed by atoms with van der Waals surface area (Å²) in [4.78, 5) is 20.3. The number of carbonyl (C=O) groups is 2. The fourth-order valence-corrected chi connectivity index (χ4v) is 1.10. The van der Waals surface area contributed by atoms with E-state index in [1.165, 1.54) is 0 Å². The van der Waals surface area contributed by atoms with E-state index in [-0.39, 0.29) is 0 Å². The normalized spacial score (nSPS) is 13.6. The van der Waals surface area contributed by atoms with Crippen molar-refractivity contribution >= 4 is 22.1 Å². The smallest absolute Gasteiger partial charge is 0.334 e. The number of carboxylic acids is 2. The van der Waals surface area contributed by atoms with E-state index < -0.39 is 34.6 Å². The Morgan fingerprint density at radius 3 is 2.08 bits per heavy atom. The van der Waals surface area contributed by atoms with Crippen molar-refractivity contribution in [1.29, 1.82) is 0 Å². The minimum absolute atomic E-state index is 0.644. The summed E-state index contributed by atoms with van der Waals surface area (Å²) in [7, 11) is -3.96. The Bertz CT molecular complexity index is 303. The fourth-order valence-electron chi connectivity index (χ4n) is 0.532. The van der Waals surface area contributed by atoms with Crippen LogP contribution in [0.5, 0.6) is 0 Å². The molecule has 0 aromatic rings. The molecule has 1 unspecified atom stereocenters. The van der Waals surface area contributed by atoms with Crippen LogP contribution in [-0.4, -0.2) is 42.9 Å². The van der Waals surface area contributed by atoms with Gasteiger partial charge in [-0.1, -0.05) is 0 Å².